The number of hydrogen-bond acceptors (Lipinski definition) is 6. The van der Waals surface area contributed by atoms with Gasteiger partial charge < -0.3 is 18.9 Å². The highest BCUT2D eigenvalue weighted by Crippen LogP contribution is 2.50. The van der Waals surface area contributed by atoms with Crippen LogP contribution < -0.4 is 18.9 Å². The van der Waals surface area contributed by atoms with Crippen molar-refractivity contribution >= 4 is 17.3 Å². The van der Waals surface area contributed by atoms with Gasteiger partial charge in [-0.15, -0.1) is 0 Å². The van der Waals surface area contributed by atoms with Crippen LogP contribution in [0.15, 0.2) is 65.8 Å². The van der Waals surface area contributed by atoms with Crippen molar-refractivity contribution in [1.82, 2.24) is 5.01 Å². The van der Waals surface area contributed by atoms with E-state index in [9.17, 15) is 0 Å². The van der Waals surface area contributed by atoms with Crippen molar-refractivity contribution < 1.29 is 18.9 Å². The molecule has 0 aliphatic carbocycles. The molecule has 3 aromatic rings. The Morgan fingerprint density at radius 3 is 2.58 bits per heavy atom. The number of rotatable bonds is 6. The van der Waals surface area contributed by atoms with Gasteiger partial charge in [-0.3, -0.25) is 0 Å². The number of hydrazone groups is 1. The summed E-state index contributed by atoms with van der Waals surface area (Å²) in [5.74, 6) is 2.91. The molecule has 0 radical (unpaired) electrons. The predicted molar refractivity (Wildman–Crippen MR) is 128 cm³/mol. The molecule has 170 valence electrons. The first-order valence-corrected chi connectivity index (χ1v) is 11.3. The Morgan fingerprint density at radius 2 is 1.85 bits per heavy atom. The van der Waals surface area contributed by atoms with E-state index in [1.807, 2.05) is 72.6 Å². The lowest BCUT2D eigenvalue weighted by atomic mass is 9.95. The monoisotopic (exact) mass is 464 g/mol. The lowest BCUT2D eigenvalue weighted by Crippen LogP contribution is -2.34. The quantitative estimate of drug-likeness (QED) is 0.448. The van der Waals surface area contributed by atoms with E-state index in [-0.39, 0.29) is 6.04 Å². The van der Waals surface area contributed by atoms with Gasteiger partial charge in [-0.2, -0.15) is 5.10 Å². The second-order valence-electron chi connectivity index (χ2n) is 7.84. The summed E-state index contributed by atoms with van der Waals surface area (Å²) in [6.07, 6.45) is 0.252. The molecule has 2 aliphatic rings. The zero-order chi connectivity index (χ0) is 22.9. The van der Waals surface area contributed by atoms with E-state index in [2.05, 4.69) is 0 Å². The van der Waals surface area contributed by atoms with Gasteiger partial charge in [-0.05, 0) is 67.1 Å². The predicted octanol–water partition coefficient (Wildman–Crippen LogP) is 6.00. The maximum absolute atomic E-state index is 6.47. The first-order chi connectivity index (χ1) is 16.1. The van der Waals surface area contributed by atoms with Gasteiger partial charge in [0, 0.05) is 17.0 Å². The van der Waals surface area contributed by atoms with Crippen LogP contribution in [0.1, 0.15) is 42.3 Å². The van der Waals surface area contributed by atoms with Gasteiger partial charge in [0.05, 0.1) is 38.1 Å². The standard InChI is InChI=1S/C26H25ClN2O4/c1-4-32-18-11-8-16(9-12-18)21-15-22-20-14-17(27)10-13-23(20)33-26(29(22)28-21)19-6-5-7-24(30-2)25(19)31-3/h5-14,22,26H,4,15H2,1-3H3/t22-,26+/m0/s1. The lowest BCUT2D eigenvalue weighted by Gasteiger charge is -2.38. The minimum Gasteiger partial charge on any atom is -0.494 e. The average Bonchev–Trinajstić information content (AvgIpc) is 3.29. The molecule has 0 N–H and O–H groups in total. The van der Waals surface area contributed by atoms with Gasteiger partial charge in [0.1, 0.15) is 11.5 Å². The summed E-state index contributed by atoms with van der Waals surface area (Å²) in [7, 11) is 3.26. The molecule has 33 heavy (non-hydrogen) atoms. The van der Waals surface area contributed by atoms with Gasteiger partial charge in [-0.1, -0.05) is 17.7 Å². The summed E-state index contributed by atoms with van der Waals surface area (Å²) < 4.78 is 23.3. The van der Waals surface area contributed by atoms with Crippen molar-refractivity contribution in [3.63, 3.8) is 0 Å². The van der Waals surface area contributed by atoms with Crippen LogP contribution in [0.3, 0.4) is 0 Å². The van der Waals surface area contributed by atoms with Crippen molar-refractivity contribution in [3.05, 3.63) is 82.4 Å². The molecule has 0 amide bonds. The van der Waals surface area contributed by atoms with Gasteiger partial charge in [0.15, 0.2) is 11.5 Å². The second-order valence-corrected chi connectivity index (χ2v) is 8.28. The Hall–Kier alpha value is -3.38. The number of fused-ring (bicyclic) bond motifs is 3. The van der Waals surface area contributed by atoms with Crippen molar-refractivity contribution in [2.45, 2.75) is 25.6 Å². The zero-order valence-corrected chi connectivity index (χ0v) is 19.5. The molecule has 5 rings (SSSR count). The average molecular weight is 465 g/mol. The molecule has 0 fully saturated rings. The number of para-hydroxylation sites is 1. The normalized spacial score (nSPS) is 18.7. The maximum Gasteiger partial charge on any atom is 0.217 e. The zero-order valence-electron chi connectivity index (χ0n) is 18.7. The first-order valence-electron chi connectivity index (χ1n) is 10.9. The Balaban J connectivity index is 1.59. The highest BCUT2D eigenvalue weighted by molar-refractivity contribution is 6.30. The number of halogens is 1. The van der Waals surface area contributed by atoms with E-state index < -0.39 is 6.23 Å². The van der Waals surface area contributed by atoms with Crippen molar-refractivity contribution in [1.29, 1.82) is 0 Å². The summed E-state index contributed by atoms with van der Waals surface area (Å²) in [6.45, 7) is 2.61. The Kier molecular flexibility index (Phi) is 5.77. The van der Waals surface area contributed by atoms with Gasteiger partial charge in [0.25, 0.3) is 0 Å². The fourth-order valence-corrected chi connectivity index (χ4v) is 4.64. The van der Waals surface area contributed by atoms with E-state index >= 15 is 0 Å². The third kappa shape index (κ3) is 3.85. The maximum atomic E-state index is 6.47. The summed E-state index contributed by atoms with van der Waals surface area (Å²) in [6, 6.07) is 19.5. The number of benzene rings is 3. The molecule has 6 nitrogen and oxygen atoms in total. The van der Waals surface area contributed by atoms with Crippen LogP contribution in [0.5, 0.6) is 23.0 Å². The number of ether oxygens (including phenoxy) is 4. The van der Waals surface area contributed by atoms with E-state index in [1.54, 1.807) is 14.2 Å². The second kappa shape index (κ2) is 8.87. The highest BCUT2D eigenvalue weighted by atomic mass is 35.5. The van der Waals surface area contributed by atoms with Crippen LogP contribution in [0.25, 0.3) is 0 Å². The van der Waals surface area contributed by atoms with Crippen LogP contribution in [0.4, 0.5) is 0 Å². The van der Waals surface area contributed by atoms with Crippen molar-refractivity contribution in [2.24, 2.45) is 5.10 Å². The summed E-state index contributed by atoms with van der Waals surface area (Å²) in [5.41, 5.74) is 3.89. The van der Waals surface area contributed by atoms with Gasteiger partial charge in [0.2, 0.25) is 6.23 Å². The molecule has 7 heteroatoms. The Labute approximate surface area is 198 Å². The molecular weight excluding hydrogens is 440 g/mol. The molecule has 0 bridgehead atoms. The van der Waals surface area contributed by atoms with E-state index in [1.165, 1.54) is 0 Å². The van der Waals surface area contributed by atoms with Crippen molar-refractivity contribution in [3.8, 4) is 23.0 Å². The summed E-state index contributed by atoms with van der Waals surface area (Å²) in [5, 5.41) is 7.69. The summed E-state index contributed by atoms with van der Waals surface area (Å²) in [4.78, 5) is 0. The van der Waals surface area contributed by atoms with Crippen molar-refractivity contribution in [2.75, 3.05) is 20.8 Å². The van der Waals surface area contributed by atoms with Crippen LogP contribution >= 0.6 is 11.6 Å². The van der Waals surface area contributed by atoms with E-state index in [4.69, 9.17) is 35.6 Å². The molecule has 0 saturated carbocycles. The fraction of sp³-hybridized carbons (Fsp3) is 0.269. The largest absolute Gasteiger partial charge is 0.494 e. The molecule has 2 aliphatic heterocycles. The molecule has 0 aromatic heterocycles. The third-order valence-corrected chi connectivity index (χ3v) is 6.19. The molecular formula is C26H25ClN2O4. The minimum absolute atomic E-state index is 0.0186. The minimum atomic E-state index is -0.478. The van der Waals surface area contributed by atoms with Gasteiger partial charge >= 0.3 is 0 Å². The molecule has 2 heterocycles. The molecule has 0 spiro atoms. The van der Waals surface area contributed by atoms with Crippen LogP contribution in [-0.2, 0) is 0 Å². The Morgan fingerprint density at radius 1 is 1.03 bits per heavy atom. The fourth-order valence-electron chi connectivity index (χ4n) is 4.45. The molecule has 2 atom stereocenters. The SMILES string of the molecule is CCOc1ccc(C2=NN3[C@@H](c4cccc(OC)c4OC)Oc4ccc(Cl)cc4[C@@H]3C2)cc1. The van der Waals surface area contributed by atoms with Crippen LogP contribution in [-0.4, -0.2) is 31.5 Å². The lowest BCUT2D eigenvalue weighted by molar-refractivity contribution is -0.0205. The molecule has 0 unspecified atom stereocenters. The molecule has 0 saturated heterocycles. The van der Waals surface area contributed by atoms with Crippen LogP contribution in [0, 0.1) is 0 Å². The van der Waals surface area contributed by atoms with Crippen LogP contribution in [0.2, 0.25) is 5.02 Å². The number of nitrogens with zero attached hydrogens (tertiary/aromatic N) is 2. The third-order valence-electron chi connectivity index (χ3n) is 5.95. The molecule has 3 aromatic carbocycles. The highest BCUT2D eigenvalue weighted by Gasteiger charge is 2.42. The van der Waals surface area contributed by atoms with E-state index in [0.29, 0.717) is 23.1 Å². The smallest absolute Gasteiger partial charge is 0.217 e. The van der Waals surface area contributed by atoms with Gasteiger partial charge in [-0.25, -0.2) is 5.01 Å². The first kappa shape index (κ1) is 21.5. The number of methoxy groups -OCH3 is 2. The number of hydrogen-bond donors (Lipinski definition) is 0. The van der Waals surface area contributed by atoms with E-state index in [0.717, 1.165) is 40.3 Å². The summed E-state index contributed by atoms with van der Waals surface area (Å²) >= 11 is 6.35. The Bertz CT molecular complexity index is 1200. The topological polar surface area (TPSA) is 52.5 Å².